The molecule has 2 heterocycles. The first-order chi connectivity index (χ1) is 6.77. The number of hydrogen-bond donors (Lipinski definition) is 2. The summed E-state index contributed by atoms with van der Waals surface area (Å²) in [5.74, 6) is -0.0835. The number of rotatable bonds is 2. The minimum absolute atomic E-state index is 0.0305. The van der Waals surface area contributed by atoms with E-state index in [-0.39, 0.29) is 17.9 Å². The molecule has 5 nitrogen and oxygen atoms in total. The van der Waals surface area contributed by atoms with E-state index in [2.05, 4.69) is 5.32 Å². The van der Waals surface area contributed by atoms with Crippen molar-refractivity contribution in [2.45, 2.75) is 18.6 Å². The lowest BCUT2D eigenvalue weighted by molar-refractivity contribution is -0.126. The van der Waals surface area contributed by atoms with Crippen molar-refractivity contribution in [3.63, 3.8) is 0 Å². The fraction of sp³-hybridized carbons (Fsp3) is 0.889. The molecule has 0 radical (unpaired) electrons. The van der Waals surface area contributed by atoms with Gasteiger partial charge in [0.2, 0.25) is 5.91 Å². The van der Waals surface area contributed by atoms with Gasteiger partial charge in [-0.3, -0.25) is 4.79 Å². The van der Waals surface area contributed by atoms with E-state index in [1.165, 1.54) is 0 Å². The average Bonchev–Trinajstić information content (AvgIpc) is 2.77. The molecule has 0 aromatic rings. The second kappa shape index (κ2) is 4.25. The Morgan fingerprint density at radius 2 is 2.14 bits per heavy atom. The van der Waals surface area contributed by atoms with Crippen LogP contribution in [0.3, 0.4) is 0 Å². The standard InChI is InChI=1S/C9H15NO4/c11-8-5-14-4-7(8)10-9(12)6-1-2-13-3-6/h6-8,11H,1-5H2,(H,10,12). The van der Waals surface area contributed by atoms with Gasteiger partial charge in [0.25, 0.3) is 0 Å². The third-order valence-electron chi connectivity index (χ3n) is 2.68. The van der Waals surface area contributed by atoms with Crippen LogP contribution in [0.4, 0.5) is 0 Å². The van der Waals surface area contributed by atoms with Crippen molar-refractivity contribution in [1.29, 1.82) is 0 Å². The Kier molecular flexibility index (Phi) is 3.00. The lowest BCUT2D eigenvalue weighted by Crippen LogP contribution is -2.45. The molecule has 80 valence electrons. The fourth-order valence-electron chi connectivity index (χ4n) is 1.72. The smallest absolute Gasteiger partial charge is 0.225 e. The summed E-state index contributed by atoms with van der Waals surface area (Å²) in [5, 5.41) is 12.2. The number of amides is 1. The van der Waals surface area contributed by atoms with Crippen LogP contribution < -0.4 is 5.32 Å². The SMILES string of the molecule is O=C(NC1COCC1O)C1CCOC1. The van der Waals surface area contributed by atoms with Gasteiger partial charge in [-0.2, -0.15) is 0 Å². The zero-order chi connectivity index (χ0) is 9.97. The van der Waals surface area contributed by atoms with Gasteiger partial charge in [0.05, 0.1) is 37.9 Å². The Labute approximate surface area is 82.4 Å². The zero-order valence-electron chi connectivity index (χ0n) is 7.94. The highest BCUT2D eigenvalue weighted by atomic mass is 16.5. The molecule has 2 aliphatic rings. The second-order valence-electron chi connectivity index (χ2n) is 3.78. The molecule has 3 unspecified atom stereocenters. The van der Waals surface area contributed by atoms with Crippen LogP contribution in [-0.2, 0) is 14.3 Å². The topological polar surface area (TPSA) is 67.8 Å². The molecule has 2 aliphatic heterocycles. The summed E-state index contributed by atoms with van der Waals surface area (Å²) in [7, 11) is 0. The molecule has 2 fully saturated rings. The Balaban J connectivity index is 1.81. The van der Waals surface area contributed by atoms with Crippen molar-refractivity contribution in [2.24, 2.45) is 5.92 Å². The molecular formula is C9H15NO4. The highest BCUT2D eigenvalue weighted by Crippen LogP contribution is 2.13. The van der Waals surface area contributed by atoms with E-state index in [0.717, 1.165) is 6.42 Å². The van der Waals surface area contributed by atoms with Crippen molar-refractivity contribution >= 4 is 5.91 Å². The lowest BCUT2D eigenvalue weighted by atomic mass is 10.1. The van der Waals surface area contributed by atoms with Crippen molar-refractivity contribution in [2.75, 3.05) is 26.4 Å². The summed E-state index contributed by atoms with van der Waals surface area (Å²) < 4.78 is 10.2. The van der Waals surface area contributed by atoms with E-state index in [4.69, 9.17) is 9.47 Å². The number of carbonyl (C=O) groups excluding carboxylic acids is 1. The van der Waals surface area contributed by atoms with Crippen LogP contribution in [0.1, 0.15) is 6.42 Å². The summed E-state index contributed by atoms with van der Waals surface area (Å²) in [6.07, 6.45) is 0.205. The van der Waals surface area contributed by atoms with Gasteiger partial charge in [0.1, 0.15) is 0 Å². The highest BCUT2D eigenvalue weighted by Gasteiger charge is 2.31. The minimum Gasteiger partial charge on any atom is -0.388 e. The molecule has 2 rings (SSSR count). The second-order valence-corrected chi connectivity index (χ2v) is 3.78. The molecule has 1 amide bonds. The van der Waals surface area contributed by atoms with E-state index in [9.17, 15) is 9.90 Å². The van der Waals surface area contributed by atoms with Crippen LogP contribution in [0.15, 0.2) is 0 Å². The quantitative estimate of drug-likeness (QED) is 0.595. The van der Waals surface area contributed by atoms with Gasteiger partial charge in [-0.15, -0.1) is 0 Å². The highest BCUT2D eigenvalue weighted by molar-refractivity contribution is 5.79. The molecule has 0 aromatic carbocycles. The van der Waals surface area contributed by atoms with Crippen LogP contribution in [-0.4, -0.2) is 49.6 Å². The third-order valence-corrected chi connectivity index (χ3v) is 2.68. The predicted molar refractivity (Wildman–Crippen MR) is 47.7 cm³/mol. The Bertz CT molecular complexity index is 215. The molecule has 2 N–H and O–H groups in total. The molecule has 0 aliphatic carbocycles. The number of nitrogens with one attached hydrogen (secondary N) is 1. The molecule has 2 saturated heterocycles. The number of ether oxygens (including phenoxy) is 2. The maximum Gasteiger partial charge on any atom is 0.225 e. The largest absolute Gasteiger partial charge is 0.388 e. The summed E-state index contributed by atoms with van der Waals surface area (Å²) in [5.41, 5.74) is 0. The van der Waals surface area contributed by atoms with Crippen LogP contribution in [0.25, 0.3) is 0 Å². The maximum atomic E-state index is 11.6. The van der Waals surface area contributed by atoms with E-state index in [1.807, 2.05) is 0 Å². The van der Waals surface area contributed by atoms with Gasteiger partial charge in [0, 0.05) is 6.61 Å². The van der Waals surface area contributed by atoms with Crippen LogP contribution >= 0.6 is 0 Å². The zero-order valence-corrected chi connectivity index (χ0v) is 7.94. The molecule has 14 heavy (non-hydrogen) atoms. The fourth-order valence-corrected chi connectivity index (χ4v) is 1.72. The molecule has 0 aromatic heterocycles. The van der Waals surface area contributed by atoms with E-state index >= 15 is 0 Å². The number of aliphatic hydroxyl groups excluding tert-OH is 1. The normalized spacial score (nSPS) is 37.4. The summed E-state index contributed by atoms with van der Waals surface area (Å²) in [6.45, 7) is 1.86. The Morgan fingerprint density at radius 1 is 1.29 bits per heavy atom. The first-order valence-electron chi connectivity index (χ1n) is 4.91. The number of aliphatic hydroxyl groups is 1. The monoisotopic (exact) mass is 201 g/mol. The molecular weight excluding hydrogens is 186 g/mol. The van der Waals surface area contributed by atoms with Crippen LogP contribution in [0.2, 0.25) is 0 Å². The van der Waals surface area contributed by atoms with Gasteiger partial charge < -0.3 is 19.9 Å². The van der Waals surface area contributed by atoms with E-state index in [0.29, 0.717) is 26.4 Å². The molecule has 5 heteroatoms. The molecule has 0 saturated carbocycles. The van der Waals surface area contributed by atoms with Crippen molar-refractivity contribution in [3.8, 4) is 0 Å². The number of carbonyl (C=O) groups is 1. The molecule has 0 bridgehead atoms. The van der Waals surface area contributed by atoms with E-state index < -0.39 is 6.10 Å². The van der Waals surface area contributed by atoms with Crippen molar-refractivity contribution in [1.82, 2.24) is 5.32 Å². The van der Waals surface area contributed by atoms with Crippen molar-refractivity contribution in [3.05, 3.63) is 0 Å². The van der Waals surface area contributed by atoms with Crippen LogP contribution in [0, 0.1) is 5.92 Å². The van der Waals surface area contributed by atoms with E-state index in [1.54, 1.807) is 0 Å². The van der Waals surface area contributed by atoms with Crippen molar-refractivity contribution < 1.29 is 19.4 Å². The summed E-state index contributed by atoms with van der Waals surface area (Å²) in [6, 6.07) is -0.247. The molecule has 3 atom stereocenters. The first kappa shape index (κ1) is 9.89. The number of hydrogen-bond acceptors (Lipinski definition) is 4. The first-order valence-corrected chi connectivity index (χ1v) is 4.91. The third kappa shape index (κ3) is 2.05. The van der Waals surface area contributed by atoms with Gasteiger partial charge in [-0.05, 0) is 6.42 Å². The minimum atomic E-state index is -0.568. The van der Waals surface area contributed by atoms with Crippen LogP contribution in [0.5, 0.6) is 0 Å². The average molecular weight is 201 g/mol. The maximum absolute atomic E-state index is 11.6. The van der Waals surface area contributed by atoms with Gasteiger partial charge in [-0.1, -0.05) is 0 Å². The Hall–Kier alpha value is -0.650. The summed E-state index contributed by atoms with van der Waals surface area (Å²) >= 11 is 0. The Morgan fingerprint density at radius 3 is 2.71 bits per heavy atom. The van der Waals surface area contributed by atoms with Gasteiger partial charge in [0.15, 0.2) is 0 Å². The molecule has 0 spiro atoms. The summed E-state index contributed by atoms with van der Waals surface area (Å²) in [4.78, 5) is 11.6. The van der Waals surface area contributed by atoms with Gasteiger partial charge in [-0.25, -0.2) is 0 Å². The predicted octanol–water partition coefficient (Wildman–Crippen LogP) is -1.10. The lowest BCUT2D eigenvalue weighted by Gasteiger charge is -2.16. The van der Waals surface area contributed by atoms with Gasteiger partial charge >= 0.3 is 0 Å².